The fourth-order valence-electron chi connectivity index (χ4n) is 1.66. The molecule has 1 atom stereocenters. The topological polar surface area (TPSA) is 9.23 Å². The van der Waals surface area contributed by atoms with E-state index in [-0.39, 0.29) is 0 Å². The summed E-state index contributed by atoms with van der Waals surface area (Å²) in [5, 5.41) is 0. The lowest BCUT2D eigenvalue weighted by atomic mass is 9.99. The van der Waals surface area contributed by atoms with Crippen LogP contribution in [-0.4, -0.2) is 13.2 Å². The molecule has 14 heavy (non-hydrogen) atoms. The SMILES string of the molecule is CCCCCCC(CC)COCCC. The zero-order chi connectivity index (χ0) is 10.6. The molecule has 0 aliphatic rings. The molecule has 0 saturated heterocycles. The number of hydrogen-bond donors (Lipinski definition) is 0. The molecule has 0 spiro atoms. The molecular formula is C13H28O. The molecule has 0 aromatic carbocycles. The molecule has 0 aliphatic heterocycles. The Balaban J connectivity index is 3.28. The molecule has 0 fully saturated rings. The fraction of sp³-hybridized carbons (Fsp3) is 1.00. The van der Waals surface area contributed by atoms with Gasteiger partial charge in [0.2, 0.25) is 0 Å². The van der Waals surface area contributed by atoms with E-state index >= 15 is 0 Å². The molecule has 0 heterocycles. The predicted molar refractivity (Wildman–Crippen MR) is 63.7 cm³/mol. The van der Waals surface area contributed by atoms with Gasteiger partial charge in [0.05, 0.1) is 0 Å². The first-order valence-electron chi connectivity index (χ1n) is 6.42. The van der Waals surface area contributed by atoms with Crippen molar-refractivity contribution in [2.75, 3.05) is 13.2 Å². The quantitative estimate of drug-likeness (QED) is 0.475. The average Bonchev–Trinajstić information content (AvgIpc) is 2.22. The van der Waals surface area contributed by atoms with Crippen molar-refractivity contribution >= 4 is 0 Å². The van der Waals surface area contributed by atoms with E-state index in [1.165, 1.54) is 38.5 Å². The monoisotopic (exact) mass is 200 g/mol. The van der Waals surface area contributed by atoms with Gasteiger partial charge >= 0.3 is 0 Å². The summed E-state index contributed by atoms with van der Waals surface area (Å²) in [6.07, 6.45) is 9.31. The van der Waals surface area contributed by atoms with E-state index in [2.05, 4.69) is 20.8 Å². The first-order valence-corrected chi connectivity index (χ1v) is 6.42. The Morgan fingerprint density at radius 2 is 1.71 bits per heavy atom. The average molecular weight is 200 g/mol. The molecule has 86 valence electrons. The van der Waals surface area contributed by atoms with Crippen molar-refractivity contribution in [2.24, 2.45) is 5.92 Å². The second-order valence-electron chi connectivity index (χ2n) is 4.20. The Hall–Kier alpha value is -0.0400. The number of ether oxygens (including phenoxy) is 1. The summed E-state index contributed by atoms with van der Waals surface area (Å²) in [5.74, 6) is 0.804. The molecular weight excluding hydrogens is 172 g/mol. The second-order valence-corrected chi connectivity index (χ2v) is 4.20. The zero-order valence-corrected chi connectivity index (χ0v) is 10.3. The molecule has 1 nitrogen and oxygen atoms in total. The Labute approximate surface area is 90.2 Å². The summed E-state index contributed by atoms with van der Waals surface area (Å²) in [5.41, 5.74) is 0. The summed E-state index contributed by atoms with van der Waals surface area (Å²) >= 11 is 0. The second kappa shape index (κ2) is 11.0. The third-order valence-corrected chi connectivity index (χ3v) is 2.75. The van der Waals surface area contributed by atoms with E-state index in [0.29, 0.717) is 0 Å². The van der Waals surface area contributed by atoms with E-state index in [4.69, 9.17) is 4.74 Å². The lowest BCUT2D eigenvalue weighted by molar-refractivity contribution is 0.0942. The van der Waals surface area contributed by atoms with E-state index in [0.717, 1.165) is 25.6 Å². The molecule has 0 N–H and O–H groups in total. The highest BCUT2D eigenvalue weighted by atomic mass is 16.5. The van der Waals surface area contributed by atoms with Crippen LogP contribution in [0, 0.1) is 5.92 Å². The van der Waals surface area contributed by atoms with Crippen LogP contribution < -0.4 is 0 Å². The highest BCUT2D eigenvalue weighted by Crippen LogP contribution is 2.14. The standard InChI is InChI=1S/C13H28O/c1-4-7-8-9-10-13(6-3)12-14-11-5-2/h13H,4-12H2,1-3H3. The Morgan fingerprint density at radius 1 is 0.929 bits per heavy atom. The smallest absolute Gasteiger partial charge is 0.0494 e. The Morgan fingerprint density at radius 3 is 2.29 bits per heavy atom. The minimum atomic E-state index is 0.804. The molecule has 0 rings (SSSR count). The first kappa shape index (κ1) is 14.0. The van der Waals surface area contributed by atoms with Gasteiger partial charge < -0.3 is 4.74 Å². The Bertz CT molecular complexity index is 101. The third-order valence-electron chi connectivity index (χ3n) is 2.75. The van der Waals surface area contributed by atoms with Gasteiger partial charge in [-0.1, -0.05) is 52.9 Å². The summed E-state index contributed by atoms with van der Waals surface area (Å²) in [7, 11) is 0. The van der Waals surface area contributed by atoms with E-state index in [1.807, 2.05) is 0 Å². The van der Waals surface area contributed by atoms with Gasteiger partial charge in [0.25, 0.3) is 0 Å². The number of rotatable bonds is 10. The summed E-state index contributed by atoms with van der Waals surface area (Å²) in [4.78, 5) is 0. The molecule has 1 unspecified atom stereocenters. The fourth-order valence-corrected chi connectivity index (χ4v) is 1.66. The molecule has 0 radical (unpaired) electrons. The predicted octanol–water partition coefficient (Wildman–Crippen LogP) is 4.41. The zero-order valence-electron chi connectivity index (χ0n) is 10.3. The van der Waals surface area contributed by atoms with Gasteiger partial charge in [-0.25, -0.2) is 0 Å². The number of unbranched alkanes of at least 4 members (excludes halogenated alkanes) is 3. The molecule has 0 amide bonds. The largest absolute Gasteiger partial charge is 0.381 e. The van der Waals surface area contributed by atoms with Gasteiger partial charge in [-0.3, -0.25) is 0 Å². The summed E-state index contributed by atoms with van der Waals surface area (Å²) < 4.78 is 5.59. The van der Waals surface area contributed by atoms with Crippen LogP contribution in [0.15, 0.2) is 0 Å². The molecule has 0 aromatic rings. The van der Waals surface area contributed by atoms with E-state index in [1.54, 1.807) is 0 Å². The lowest BCUT2D eigenvalue weighted by Gasteiger charge is -2.14. The summed E-state index contributed by atoms with van der Waals surface area (Å²) in [6, 6.07) is 0. The van der Waals surface area contributed by atoms with Crippen molar-refractivity contribution in [2.45, 2.75) is 65.7 Å². The van der Waals surface area contributed by atoms with Gasteiger partial charge in [0, 0.05) is 13.2 Å². The van der Waals surface area contributed by atoms with Gasteiger partial charge in [0.1, 0.15) is 0 Å². The van der Waals surface area contributed by atoms with Crippen molar-refractivity contribution < 1.29 is 4.74 Å². The van der Waals surface area contributed by atoms with Crippen LogP contribution in [0.3, 0.4) is 0 Å². The normalized spacial score (nSPS) is 13.1. The van der Waals surface area contributed by atoms with Gasteiger partial charge in [-0.15, -0.1) is 0 Å². The van der Waals surface area contributed by atoms with Crippen molar-refractivity contribution in [1.29, 1.82) is 0 Å². The van der Waals surface area contributed by atoms with Crippen LogP contribution in [0.1, 0.15) is 65.7 Å². The van der Waals surface area contributed by atoms with Crippen LogP contribution >= 0.6 is 0 Å². The highest BCUT2D eigenvalue weighted by Gasteiger charge is 2.05. The van der Waals surface area contributed by atoms with Gasteiger partial charge in [-0.05, 0) is 18.8 Å². The molecule has 0 aromatic heterocycles. The van der Waals surface area contributed by atoms with Gasteiger partial charge in [0.15, 0.2) is 0 Å². The molecule has 1 heteroatoms. The van der Waals surface area contributed by atoms with Crippen LogP contribution in [0.5, 0.6) is 0 Å². The van der Waals surface area contributed by atoms with E-state index in [9.17, 15) is 0 Å². The maximum absolute atomic E-state index is 5.59. The summed E-state index contributed by atoms with van der Waals surface area (Å²) in [6.45, 7) is 8.63. The van der Waals surface area contributed by atoms with Crippen molar-refractivity contribution in [3.8, 4) is 0 Å². The van der Waals surface area contributed by atoms with Crippen molar-refractivity contribution in [3.63, 3.8) is 0 Å². The first-order chi connectivity index (χ1) is 6.85. The van der Waals surface area contributed by atoms with Crippen LogP contribution in [0.25, 0.3) is 0 Å². The molecule has 0 aliphatic carbocycles. The van der Waals surface area contributed by atoms with Gasteiger partial charge in [-0.2, -0.15) is 0 Å². The van der Waals surface area contributed by atoms with Crippen LogP contribution in [0.4, 0.5) is 0 Å². The van der Waals surface area contributed by atoms with Crippen LogP contribution in [0.2, 0.25) is 0 Å². The lowest BCUT2D eigenvalue weighted by Crippen LogP contribution is -2.09. The molecule has 0 bridgehead atoms. The van der Waals surface area contributed by atoms with E-state index < -0.39 is 0 Å². The number of hydrogen-bond acceptors (Lipinski definition) is 1. The molecule has 0 saturated carbocycles. The maximum atomic E-state index is 5.59. The van der Waals surface area contributed by atoms with Crippen LogP contribution in [-0.2, 0) is 4.74 Å². The minimum Gasteiger partial charge on any atom is -0.381 e. The maximum Gasteiger partial charge on any atom is 0.0494 e. The minimum absolute atomic E-state index is 0.804. The van der Waals surface area contributed by atoms with Crippen molar-refractivity contribution in [3.05, 3.63) is 0 Å². The third kappa shape index (κ3) is 8.55. The Kier molecular flexibility index (Phi) is 11.0. The van der Waals surface area contributed by atoms with Crippen molar-refractivity contribution in [1.82, 2.24) is 0 Å². The highest BCUT2D eigenvalue weighted by molar-refractivity contribution is 4.56.